The Labute approximate surface area is 304 Å². The summed E-state index contributed by atoms with van der Waals surface area (Å²) in [5, 5.41) is 8.59. The van der Waals surface area contributed by atoms with Crippen LogP contribution in [-0.4, -0.2) is 17.9 Å². The van der Waals surface area contributed by atoms with Gasteiger partial charge in [0.1, 0.15) is 0 Å². The van der Waals surface area contributed by atoms with Crippen molar-refractivity contribution in [1.82, 2.24) is 4.57 Å². The molecule has 10 rings (SSSR count). The number of thioether (sulfide) groups is 1. The van der Waals surface area contributed by atoms with E-state index in [9.17, 15) is 0 Å². The second-order valence-electron chi connectivity index (χ2n) is 13.6. The number of hydrogen-bond donors (Lipinski definition) is 0. The van der Waals surface area contributed by atoms with Crippen LogP contribution in [0.3, 0.4) is 0 Å². The predicted molar refractivity (Wildman–Crippen MR) is 220 cm³/mol. The van der Waals surface area contributed by atoms with Gasteiger partial charge >= 0.3 is 0 Å². The third-order valence-electron chi connectivity index (χ3n) is 10.9. The predicted octanol–water partition coefficient (Wildman–Crippen LogP) is 9.51. The van der Waals surface area contributed by atoms with Gasteiger partial charge in [0.15, 0.2) is 8.07 Å². The van der Waals surface area contributed by atoms with Gasteiger partial charge in [0.2, 0.25) is 0 Å². The number of nitrogens with zero attached hydrogens (tertiary/aromatic N) is 1. The first-order valence-electron chi connectivity index (χ1n) is 17.8. The SMILES string of the molecule is C1=CC2Sc3cc(-c4ccc([Si](c5ccccc5)(c5ccccc5)c5ccc6c(c5)c5ccccc5n6-c5ccccc5)cc4)ccc3C2C=C1. The van der Waals surface area contributed by atoms with Gasteiger partial charge in [0.05, 0.1) is 11.0 Å². The Morgan fingerprint density at radius 2 is 1.04 bits per heavy atom. The maximum Gasteiger partial charge on any atom is 0.179 e. The minimum absolute atomic E-state index is 0.480. The van der Waals surface area contributed by atoms with Crippen LogP contribution in [0.4, 0.5) is 0 Å². The Balaban J connectivity index is 1.17. The lowest BCUT2D eigenvalue weighted by atomic mass is 9.91. The van der Waals surface area contributed by atoms with Crippen LogP contribution < -0.4 is 20.7 Å². The van der Waals surface area contributed by atoms with E-state index in [1.807, 2.05) is 11.8 Å². The van der Waals surface area contributed by atoms with Gasteiger partial charge in [-0.25, -0.2) is 0 Å². The van der Waals surface area contributed by atoms with Crippen LogP contribution in [0.5, 0.6) is 0 Å². The zero-order chi connectivity index (χ0) is 33.8. The molecule has 1 aliphatic heterocycles. The largest absolute Gasteiger partial charge is 0.309 e. The Kier molecular flexibility index (Phi) is 7.30. The highest BCUT2D eigenvalue weighted by atomic mass is 32.2. The fourth-order valence-corrected chi connectivity index (χ4v) is 14.7. The van der Waals surface area contributed by atoms with Crippen LogP contribution in [0.2, 0.25) is 0 Å². The molecule has 1 aromatic heterocycles. The summed E-state index contributed by atoms with van der Waals surface area (Å²) in [5.74, 6) is 0.480. The average Bonchev–Trinajstić information content (AvgIpc) is 3.75. The standard InChI is InChI=1S/C48H35NSSi/c1-4-14-36(15-5-1)49-45-22-12-10-20-41(45)44-33-40(29-31-46(44)49)51(37-16-6-2-7-17-37,38-18-8-3-9-19-38)39-27-24-34(25-28-39)35-26-30-43-42-21-11-13-23-47(42)50-48(43)32-35/h1-33,42,47H. The van der Waals surface area contributed by atoms with Crippen LogP contribution in [0.1, 0.15) is 11.5 Å². The maximum absolute atomic E-state index is 2.76. The molecule has 7 aromatic carbocycles. The van der Waals surface area contributed by atoms with Gasteiger partial charge in [0, 0.05) is 32.5 Å². The van der Waals surface area contributed by atoms with E-state index in [0.29, 0.717) is 11.2 Å². The molecule has 2 heterocycles. The fraction of sp³-hybridized carbons (Fsp3) is 0.0417. The van der Waals surface area contributed by atoms with Crippen LogP contribution in [0, 0.1) is 0 Å². The summed E-state index contributed by atoms with van der Waals surface area (Å²) in [5.41, 5.74) is 7.62. The maximum atomic E-state index is 2.51. The molecule has 3 heteroatoms. The molecule has 2 unspecified atom stereocenters. The second-order valence-corrected chi connectivity index (χ2v) is 18.6. The second kappa shape index (κ2) is 12.3. The first-order chi connectivity index (χ1) is 25.3. The van der Waals surface area contributed by atoms with Gasteiger partial charge in [0.25, 0.3) is 0 Å². The van der Waals surface area contributed by atoms with Gasteiger partial charge in [-0.05, 0) is 67.8 Å². The number of para-hydroxylation sites is 2. The Morgan fingerprint density at radius 1 is 0.451 bits per heavy atom. The lowest BCUT2D eigenvalue weighted by molar-refractivity contribution is 0.881. The van der Waals surface area contributed by atoms with Crippen LogP contribution in [0.25, 0.3) is 38.6 Å². The summed E-state index contributed by atoms with van der Waals surface area (Å²) in [6.07, 6.45) is 9.08. The van der Waals surface area contributed by atoms with Crippen molar-refractivity contribution >= 4 is 62.4 Å². The minimum Gasteiger partial charge on any atom is -0.309 e. The summed E-state index contributed by atoms with van der Waals surface area (Å²) in [6, 6.07) is 66.0. The van der Waals surface area contributed by atoms with E-state index in [1.54, 1.807) is 0 Å². The quantitative estimate of drug-likeness (QED) is 0.125. The highest BCUT2D eigenvalue weighted by molar-refractivity contribution is 8.00. The zero-order valence-electron chi connectivity index (χ0n) is 28.1. The third-order valence-corrected chi connectivity index (χ3v) is 17.0. The Hall–Kier alpha value is -5.61. The Bertz CT molecular complexity index is 2560. The molecule has 0 radical (unpaired) electrons. The Morgan fingerprint density at radius 3 is 1.78 bits per heavy atom. The van der Waals surface area contributed by atoms with E-state index in [4.69, 9.17) is 0 Å². The van der Waals surface area contributed by atoms with Gasteiger partial charge < -0.3 is 4.57 Å². The van der Waals surface area contributed by atoms with Crippen molar-refractivity contribution in [2.75, 3.05) is 0 Å². The molecule has 2 aliphatic rings. The fourth-order valence-electron chi connectivity index (χ4n) is 8.57. The number of benzene rings is 7. The van der Waals surface area contributed by atoms with E-state index in [2.05, 4.69) is 205 Å². The molecular formula is C48H35NSSi. The van der Waals surface area contributed by atoms with Crippen molar-refractivity contribution in [2.45, 2.75) is 16.1 Å². The molecule has 0 fully saturated rings. The number of aromatic nitrogens is 1. The molecule has 51 heavy (non-hydrogen) atoms. The molecule has 1 nitrogen and oxygen atoms in total. The first kappa shape index (κ1) is 30.2. The number of fused-ring (bicyclic) bond motifs is 6. The number of allylic oxidation sites excluding steroid dienone is 3. The lowest BCUT2D eigenvalue weighted by Crippen LogP contribution is -2.74. The van der Waals surface area contributed by atoms with Crippen LogP contribution in [0.15, 0.2) is 205 Å². The normalized spacial score (nSPS) is 16.4. The van der Waals surface area contributed by atoms with Gasteiger partial charge in [-0.1, -0.05) is 170 Å². The number of rotatable bonds is 6. The van der Waals surface area contributed by atoms with Crippen molar-refractivity contribution in [3.05, 3.63) is 206 Å². The molecule has 2 atom stereocenters. The van der Waals surface area contributed by atoms with Crippen molar-refractivity contribution in [1.29, 1.82) is 0 Å². The van der Waals surface area contributed by atoms with Crippen molar-refractivity contribution in [3.8, 4) is 16.8 Å². The van der Waals surface area contributed by atoms with E-state index >= 15 is 0 Å². The van der Waals surface area contributed by atoms with Gasteiger partial charge in [-0.2, -0.15) is 0 Å². The van der Waals surface area contributed by atoms with Crippen LogP contribution in [-0.2, 0) is 0 Å². The average molecular weight is 686 g/mol. The highest BCUT2D eigenvalue weighted by Crippen LogP contribution is 2.49. The molecule has 8 aromatic rings. The molecule has 0 saturated heterocycles. The topological polar surface area (TPSA) is 4.93 Å². The van der Waals surface area contributed by atoms with E-state index in [-0.39, 0.29) is 0 Å². The van der Waals surface area contributed by atoms with E-state index in [1.165, 1.54) is 69.8 Å². The summed E-state index contributed by atoms with van der Waals surface area (Å²) < 4.78 is 2.41. The minimum atomic E-state index is -2.76. The smallest absolute Gasteiger partial charge is 0.179 e. The molecule has 242 valence electrons. The third kappa shape index (κ3) is 4.84. The van der Waals surface area contributed by atoms with Crippen molar-refractivity contribution in [3.63, 3.8) is 0 Å². The molecule has 0 spiro atoms. The van der Waals surface area contributed by atoms with Crippen molar-refractivity contribution in [2.24, 2.45) is 0 Å². The summed E-state index contributed by atoms with van der Waals surface area (Å²) in [6.45, 7) is 0. The van der Waals surface area contributed by atoms with E-state index in [0.717, 1.165) is 0 Å². The molecule has 0 amide bonds. The zero-order valence-corrected chi connectivity index (χ0v) is 29.9. The molecule has 1 aliphatic carbocycles. The van der Waals surface area contributed by atoms with Crippen molar-refractivity contribution < 1.29 is 0 Å². The van der Waals surface area contributed by atoms with Crippen LogP contribution >= 0.6 is 11.8 Å². The lowest BCUT2D eigenvalue weighted by Gasteiger charge is -2.34. The van der Waals surface area contributed by atoms with E-state index < -0.39 is 8.07 Å². The van der Waals surface area contributed by atoms with Gasteiger partial charge in [-0.3, -0.25) is 0 Å². The monoisotopic (exact) mass is 685 g/mol. The molecule has 0 saturated carbocycles. The number of hydrogen-bond acceptors (Lipinski definition) is 1. The molecular weight excluding hydrogens is 651 g/mol. The summed E-state index contributed by atoms with van der Waals surface area (Å²) in [7, 11) is -2.76. The molecule has 0 bridgehead atoms. The first-order valence-corrected chi connectivity index (χ1v) is 20.6. The summed E-state index contributed by atoms with van der Waals surface area (Å²) in [4.78, 5) is 1.41. The highest BCUT2D eigenvalue weighted by Gasteiger charge is 2.42. The molecule has 0 N–H and O–H groups in total. The summed E-state index contributed by atoms with van der Waals surface area (Å²) >= 11 is 2.00. The van der Waals surface area contributed by atoms with Gasteiger partial charge in [-0.15, -0.1) is 11.8 Å².